The number of aliphatic hydroxyl groups excluding tert-OH is 2. The first-order valence-corrected chi connectivity index (χ1v) is 9.51. The molecule has 1 aromatic carbocycles. The van der Waals surface area contributed by atoms with Gasteiger partial charge >= 0.3 is 0 Å². The van der Waals surface area contributed by atoms with Crippen LogP contribution in [0.25, 0.3) is 11.1 Å². The van der Waals surface area contributed by atoms with Gasteiger partial charge in [-0.15, -0.1) is 0 Å². The number of rotatable bonds is 5. The Balaban J connectivity index is 2.09. The molecule has 3 rings (SSSR count). The summed E-state index contributed by atoms with van der Waals surface area (Å²) >= 11 is 0. The Morgan fingerprint density at radius 3 is 2.15 bits per heavy atom. The Labute approximate surface area is 150 Å². The monoisotopic (exact) mass is 378 g/mol. The molecule has 1 aliphatic rings. The lowest BCUT2D eigenvalue weighted by molar-refractivity contribution is 0.0677. The number of aliphatic hydroxyl groups is 2. The molecule has 0 saturated heterocycles. The minimum absolute atomic E-state index is 0.00289. The van der Waals surface area contributed by atoms with E-state index in [1.165, 1.54) is 18.2 Å². The summed E-state index contributed by atoms with van der Waals surface area (Å²) in [6, 6.07) is 8.92. The molecule has 0 saturated carbocycles. The summed E-state index contributed by atoms with van der Waals surface area (Å²) < 4.78 is 36.1. The number of nitrogens with two attached hydrogens (primary N) is 1. The average molecular weight is 378 g/mol. The molecule has 4 N–H and O–H groups in total. The molecular formula is C18H19FN2O4S. The van der Waals surface area contributed by atoms with Gasteiger partial charge in [-0.3, -0.25) is 4.98 Å². The number of nitrogens with zero attached hydrogens (tertiary/aromatic N) is 1. The highest BCUT2D eigenvalue weighted by Gasteiger charge is 2.39. The number of hydrogen-bond donors (Lipinski definition) is 3. The second-order valence-electron chi connectivity index (χ2n) is 6.56. The summed E-state index contributed by atoms with van der Waals surface area (Å²) in [5.41, 5.74) is 2.17. The standard InChI is InChI=1S/C18H19FN2O4S/c19-13-3-6-17(21-9-13)16-8-18(10-22,11-23)7-15(16)12-1-4-14(5-2-12)26(20,24)25/h1-6,9,22-23H,7-8,10-11H2,(H2,20,24,25). The summed E-state index contributed by atoms with van der Waals surface area (Å²) in [4.78, 5) is 4.11. The van der Waals surface area contributed by atoms with E-state index >= 15 is 0 Å². The molecule has 0 unspecified atom stereocenters. The fourth-order valence-corrected chi connectivity index (χ4v) is 3.74. The number of benzene rings is 1. The number of aromatic nitrogens is 1. The fourth-order valence-electron chi connectivity index (χ4n) is 3.22. The summed E-state index contributed by atoms with van der Waals surface area (Å²) in [5, 5.41) is 24.7. The van der Waals surface area contributed by atoms with Crippen LogP contribution in [-0.4, -0.2) is 36.8 Å². The zero-order valence-corrected chi connectivity index (χ0v) is 14.7. The van der Waals surface area contributed by atoms with Crippen LogP contribution >= 0.6 is 0 Å². The van der Waals surface area contributed by atoms with Crippen molar-refractivity contribution in [3.05, 3.63) is 59.7 Å². The van der Waals surface area contributed by atoms with Crippen molar-refractivity contribution >= 4 is 21.2 Å². The molecule has 138 valence electrons. The molecule has 0 atom stereocenters. The van der Waals surface area contributed by atoms with Crippen LogP contribution in [0.15, 0.2) is 47.5 Å². The zero-order chi connectivity index (χ0) is 18.9. The number of allylic oxidation sites excluding steroid dienone is 2. The summed E-state index contributed by atoms with van der Waals surface area (Å²) in [6.45, 7) is -0.431. The average Bonchev–Trinajstić information content (AvgIpc) is 3.02. The van der Waals surface area contributed by atoms with Crippen LogP contribution in [0.5, 0.6) is 0 Å². The Kier molecular flexibility index (Phi) is 4.94. The van der Waals surface area contributed by atoms with Gasteiger partial charge < -0.3 is 10.2 Å². The minimum atomic E-state index is -3.80. The van der Waals surface area contributed by atoms with Gasteiger partial charge in [-0.25, -0.2) is 17.9 Å². The number of halogens is 1. The third-order valence-corrected chi connectivity index (χ3v) is 5.64. The largest absolute Gasteiger partial charge is 0.396 e. The van der Waals surface area contributed by atoms with Crippen LogP contribution in [0.3, 0.4) is 0 Å². The molecule has 1 heterocycles. The quantitative estimate of drug-likeness (QED) is 0.730. The molecule has 0 fully saturated rings. The predicted octanol–water partition coefficient (Wildman–Crippen LogP) is 1.54. The second kappa shape index (κ2) is 6.88. The Morgan fingerprint density at radius 1 is 1.04 bits per heavy atom. The van der Waals surface area contributed by atoms with Crippen LogP contribution in [0.2, 0.25) is 0 Å². The minimum Gasteiger partial charge on any atom is -0.396 e. The Morgan fingerprint density at radius 2 is 1.65 bits per heavy atom. The molecule has 0 radical (unpaired) electrons. The fraction of sp³-hybridized carbons (Fsp3) is 0.278. The molecule has 8 heteroatoms. The highest BCUT2D eigenvalue weighted by atomic mass is 32.2. The zero-order valence-electron chi connectivity index (χ0n) is 13.9. The van der Waals surface area contributed by atoms with Gasteiger partial charge in [0.15, 0.2) is 0 Å². The third kappa shape index (κ3) is 3.54. The molecular weight excluding hydrogens is 359 g/mol. The Bertz CT molecular complexity index is 934. The first-order valence-electron chi connectivity index (χ1n) is 7.97. The normalized spacial score (nSPS) is 16.9. The van der Waals surface area contributed by atoms with Crippen molar-refractivity contribution in [1.82, 2.24) is 4.98 Å². The molecule has 0 spiro atoms. The third-order valence-electron chi connectivity index (χ3n) is 4.71. The van der Waals surface area contributed by atoms with Crippen molar-refractivity contribution < 1.29 is 23.0 Å². The summed E-state index contributed by atoms with van der Waals surface area (Å²) in [5.74, 6) is -0.456. The van der Waals surface area contributed by atoms with Crippen molar-refractivity contribution in [2.75, 3.05) is 13.2 Å². The van der Waals surface area contributed by atoms with Crippen molar-refractivity contribution in [3.63, 3.8) is 0 Å². The summed E-state index contributed by atoms with van der Waals surface area (Å²) in [6.07, 6.45) is 1.88. The van der Waals surface area contributed by atoms with Crippen LogP contribution < -0.4 is 5.14 Å². The first-order chi connectivity index (χ1) is 12.3. The topological polar surface area (TPSA) is 114 Å². The van der Waals surface area contributed by atoms with Crippen LogP contribution in [-0.2, 0) is 10.0 Å². The van der Waals surface area contributed by atoms with Gasteiger partial charge in [0.25, 0.3) is 0 Å². The molecule has 0 aliphatic heterocycles. The molecule has 1 aromatic heterocycles. The van der Waals surface area contributed by atoms with Gasteiger partial charge in [-0.1, -0.05) is 12.1 Å². The highest BCUT2D eigenvalue weighted by molar-refractivity contribution is 7.89. The predicted molar refractivity (Wildman–Crippen MR) is 94.7 cm³/mol. The summed E-state index contributed by atoms with van der Waals surface area (Å²) in [7, 11) is -3.80. The van der Waals surface area contributed by atoms with E-state index in [9.17, 15) is 23.0 Å². The second-order valence-corrected chi connectivity index (χ2v) is 8.12. The van der Waals surface area contributed by atoms with E-state index in [1.807, 2.05) is 0 Å². The lowest BCUT2D eigenvalue weighted by Gasteiger charge is -2.24. The highest BCUT2D eigenvalue weighted by Crippen LogP contribution is 2.49. The molecule has 1 aliphatic carbocycles. The van der Waals surface area contributed by atoms with E-state index < -0.39 is 21.3 Å². The van der Waals surface area contributed by atoms with E-state index in [0.29, 0.717) is 18.5 Å². The van der Waals surface area contributed by atoms with Crippen molar-refractivity contribution in [2.45, 2.75) is 17.7 Å². The molecule has 26 heavy (non-hydrogen) atoms. The lowest BCUT2D eigenvalue weighted by Crippen LogP contribution is -2.27. The van der Waals surface area contributed by atoms with Crippen LogP contribution in [0.1, 0.15) is 24.1 Å². The van der Waals surface area contributed by atoms with E-state index in [-0.39, 0.29) is 18.1 Å². The number of pyridine rings is 1. The lowest BCUT2D eigenvalue weighted by atomic mass is 9.85. The van der Waals surface area contributed by atoms with Crippen molar-refractivity contribution in [2.24, 2.45) is 10.6 Å². The van der Waals surface area contributed by atoms with Crippen molar-refractivity contribution in [1.29, 1.82) is 0 Å². The number of hydrogen-bond acceptors (Lipinski definition) is 5. The van der Waals surface area contributed by atoms with Crippen molar-refractivity contribution in [3.8, 4) is 0 Å². The first kappa shape index (κ1) is 18.7. The van der Waals surface area contributed by atoms with Gasteiger partial charge in [-0.2, -0.15) is 0 Å². The smallest absolute Gasteiger partial charge is 0.238 e. The van der Waals surface area contributed by atoms with Gasteiger partial charge in [-0.05, 0) is 53.8 Å². The van der Waals surface area contributed by atoms with Crippen LogP contribution in [0, 0.1) is 11.2 Å². The SMILES string of the molecule is NS(=O)(=O)c1ccc(C2=C(c3ccc(F)cn3)CC(CO)(CO)C2)cc1. The Hall–Kier alpha value is -2.13. The van der Waals surface area contributed by atoms with E-state index in [1.54, 1.807) is 18.2 Å². The maximum absolute atomic E-state index is 13.2. The number of sulfonamides is 1. The van der Waals surface area contributed by atoms with E-state index in [2.05, 4.69) is 4.98 Å². The van der Waals surface area contributed by atoms with Crippen LogP contribution in [0.4, 0.5) is 4.39 Å². The number of primary sulfonamides is 1. The molecule has 0 bridgehead atoms. The molecule has 2 aromatic rings. The maximum Gasteiger partial charge on any atom is 0.238 e. The maximum atomic E-state index is 13.2. The molecule has 0 amide bonds. The van der Waals surface area contributed by atoms with Gasteiger partial charge in [0.2, 0.25) is 10.0 Å². The van der Waals surface area contributed by atoms with E-state index in [4.69, 9.17) is 5.14 Å². The van der Waals surface area contributed by atoms with Gasteiger partial charge in [0, 0.05) is 5.41 Å². The van der Waals surface area contributed by atoms with E-state index in [0.717, 1.165) is 22.9 Å². The van der Waals surface area contributed by atoms with Gasteiger partial charge in [0.05, 0.1) is 30.0 Å². The molecule has 6 nitrogen and oxygen atoms in total. The van der Waals surface area contributed by atoms with Gasteiger partial charge in [0.1, 0.15) is 5.82 Å².